The molecule has 0 radical (unpaired) electrons. The molecule has 0 amide bonds. The molecule has 12 heavy (non-hydrogen) atoms. The molecule has 1 atom stereocenters. The monoisotopic (exact) mass is 170 g/mol. The molecule has 0 aromatic carbocycles. The average molecular weight is 170 g/mol. The predicted octanol–water partition coefficient (Wildman–Crippen LogP) is 2.15. The fourth-order valence-electron chi connectivity index (χ4n) is 1.11. The second-order valence-corrected chi connectivity index (χ2v) is 3.17. The van der Waals surface area contributed by atoms with Crippen molar-refractivity contribution in [2.24, 2.45) is 0 Å². The second-order valence-electron chi connectivity index (χ2n) is 3.17. The fraction of sp³-hybridized carbons (Fsp3) is 0.800. The highest BCUT2D eigenvalue weighted by molar-refractivity contribution is 4.85. The zero-order valence-electron chi connectivity index (χ0n) is 7.79. The van der Waals surface area contributed by atoms with Gasteiger partial charge in [-0.3, -0.25) is 0 Å². The lowest BCUT2D eigenvalue weighted by atomic mass is 10.1. The van der Waals surface area contributed by atoms with E-state index in [1.54, 1.807) is 7.11 Å². The zero-order chi connectivity index (χ0) is 8.65. The van der Waals surface area contributed by atoms with Gasteiger partial charge in [0.15, 0.2) is 0 Å². The molecule has 0 spiro atoms. The number of hydrogen-bond acceptors (Lipinski definition) is 2. The van der Waals surface area contributed by atoms with Crippen molar-refractivity contribution >= 4 is 0 Å². The highest BCUT2D eigenvalue weighted by Gasteiger charge is 2.21. The van der Waals surface area contributed by atoms with Crippen LogP contribution < -0.4 is 0 Å². The molecule has 2 rings (SSSR count). The van der Waals surface area contributed by atoms with E-state index >= 15 is 0 Å². The Labute approximate surface area is 74.6 Å². The van der Waals surface area contributed by atoms with Crippen molar-refractivity contribution in [1.82, 2.24) is 0 Å². The molecule has 2 nitrogen and oxygen atoms in total. The first kappa shape index (κ1) is 9.75. The van der Waals surface area contributed by atoms with E-state index in [1.807, 2.05) is 0 Å². The van der Waals surface area contributed by atoms with Crippen molar-refractivity contribution in [3.8, 4) is 0 Å². The fourth-order valence-corrected chi connectivity index (χ4v) is 1.11. The summed E-state index contributed by atoms with van der Waals surface area (Å²) in [7, 11) is 1.68. The summed E-state index contributed by atoms with van der Waals surface area (Å²) in [5, 5.41) is 0. The molecule has 1 heterocycles. The van der Waals surface area contributed by atoms with Gasteiger partial charge in [0.25, 0.3) is 0 Å². The molecule has 0 aromatic heterocycles. The molecule has 0 N–H and O–H groups in total. The number of ether oxygens (including phenoxy) is 2. The Morgan fingerprint density at radius 3 is 2.08 bits per heavy atom. The molecule has 0 aromatic rings. The van der Waals surface area contributed by atoms with E-state index in [-0.39, 0.29) is 0 Å². The van der Waals surface area contributed by atoms with Gasteiger partial charge in [0.2, 0.25) is 0 Å². The number of epoxide rings is 1. The molecule has 70 valence electrons. The van der Waals surface area contributed by atoms with Crippen LogP contribution in [0.5, 0.6) is 0 Å². The van der Waals surface area contributed by atoms with Gasteiger partial charge in [-0.05, 0) is 25.7 Å². The van der Waals surface area contributed by atoms with E-state index in [4.69, 9.17) is 9.47 Å². The first-order valence-corrected chi connectivity index (χ1v) is 4.69. The standard InChI is InChI=1S/C6H10.C4H8O2/c1-2-4-6-5-3-1;1-5-2-4-3-6-4/h1-2H,3-6H2;4H,2-3H2,1H3. The van der Waals surface area contributed by atoms with Crippen LogP contribution in [0.4, 0.5) is 0 Å². The van der Waals surface area contributed by atoms with Crippen LogP contribution in [0.15, 0.2) is 12.2 Å². The summed E-state index contributed by atoms with van der Waals surface area (Å²) < 4.78 is 9.56. The van der Waals surface area contributed by atoms with Crippen LogP contribution in [0.1, 0.15) is 25.7 Å². The maximum atomic E-state index is 4.82. The minimum Gasteiger partial charge on any atom is -0.382 e. The molecule has 1 saturated heterocycles. The zero-order valence-corrected chi connectivity index (χ0v) is 7.79. The number of methoxy groups -OCH3 is 1. The molecular weight excluding hydrogens is 152 g/mol. The Morgan fingerprint density at radius 1 is 1.33 bits per heavy atom. The van der Waals surface area contributed by atoms with Crippen LogP contribution in [-0.4, -0.2) is 26.4 Å². The van der Waals surface area contributed by atoms with E-state index in [0.29, 0.717) is 6.10 Å². The van der Waals surface area contributed by atoms with E-state index in [1.165, 1.54) is 25.7 Å². The van der Waals surface area contributed by atoms with Gasteiger partial charge in [-0.2, -0.15) is 0 Å². The SMILES string of the molecule is C1=CCCCC1.COCC1CO1. The number of hydrogen-bond donors (Lipinski definition) is 0. The van der Waals surface area contributed by atoms with Crippen molar-refractivity contribution in [2.75, 3.05) is 20.3 Å². The smallest absolute Gasteiger partial charge is 0.104 e. The van der Waals surface area contributed by atoms with Crippen molar-refractivity contribution in [3.05, 3.63) is 12.2 Å². The molecule has 2 aliphatic rings. The van der Waals surface area contributed by atoms with Crippen molar-refractivity contribution in [1.29, 1.82) is 0 Å². The summed E-state index contributed by atoms with van der Waals surface area (Å²) in [6, 6.07) is 0. The minimum absolute atomic E-state index is 0.426. The van der Waals surface area contributed by atoms with Crippen molar-refractivity contribution in [3.63, 3.8) is 0 Å². The molecule has 1 unspecified atom stereocenters. The predicted molar refractivity (Wildman–Crippen MR) is 49.2 cm³/mol. The largest absolute Gasteiger partial charge is 0.382 e. The molecule has 1 fully saturated rings. The van der Waals surface area contributed by atoms with E-state index < -0.39 is 0 Å². The summed E-state index contributed by atoms with van der Waals surface area (Å²) in [5.41, 5.74) is 0. The summed E-state index contributed by atoms with van der Waals surface area (Å²) in [5.74, 6) is 0. The Morgan fingerprint density at radius 2 is 1.92 bits per heavy atom. The van der Waals surface area contributed by atoms with E-state index in [0.717, 1.165) is 13.2 Å². The Hall–Kier alpha value is -0.340. The lowest BCUT2D eigenvalue weighted by Crippen LogP contribution is -1.94. The van der Waals surface area contributed by atoms with Gasteiger partial charge in [-0.1, -0.05) is 12.2 Å². The topological polar surface area (TPSA) is 21.8 Å². The van der Waals surface area contributed by atoms with Crippen LogP contribution in [0.2, 0.25) is 0 Å². The molecule has 1 aliphatic carbocycles. The summed E-state index contributed by atoms with van der Waals surface area (Å²) in [4.78, 5) is 0. The average Bonchev–Trinajstić information content (AvgIpc) is 2.93. The summed E-state index contributed by atoms with van der Waals surface area (Å²) in [6.45, 7) is 1.66. The normalized spacial score (nSPS) is 25.9. The van der Waals surface area contributed by atoms with Crippen LogP contribution in [-0.2, 0) is 9.47 Å². The molecule has 1 aliphatic heterocycles. The first-order chi connectivity index (χ1) is 5.93. The highest BCUT2D eigenvalue weighted by Crippen LogP contribution is 2.07. The Bertz CT molecular complexity index is 120. The third-order valence-electron chi connectivity index (χ3n) is 1.91. The molecule has 0 saturated carbocycles. The summed E-state index contributed by atoms with van der Waals surface area (Å²) in [6.07, 6.45) is 10.4. The third kappa shape index (κ3) is 5.33. The van der Waals surface area contributed by atoms with Crippen LogP contribution in [0.3, 0.4) is 0 Å². The molecule has 0 bridgehead atoms. The van der Waals surface area contributed by atoms with Gasteiger partial charge in [-0.15, -0.1) is 0 Å². The van der Waals surface area contributed by atoms with Gasteiger partial charge < -0.3 is 9.47 Å². The Balaban J connectivity index is 0.000000120. The summed E-state index contributed by atoms with van der Waals surface area (Å²) >= 11 is 0. The highest BCUT2D eigenvalue weighted by atomic mass is 16.6. The molecule has 2 heteroatoms. The van der Waals surface area contributed by atoms with Crippen molar-refractivity contribution in [2.45, 2.75) is 31.8 Å². The maximum absolute atomic E-state index is 4.82. The van der Waals surface area contributed by atoms with Crippen molar-refractivity contribution < 1.29 is 9.47 Å². The Kier molecular flexibility index (Phi) is 5.04. The van der Waals surface area contributed by atoms with Crippen LogP contribution in [0, 0.1) is 0 Å². The van der Waals surface area contributed by atoms with Gasteiger partial charge in [0.1, 0.15) is 6.10 Å². The first-order valence-electron chi connectivity index (χ1n) is 4.69. The molecular formula is C10H18O2. The van der Waals surface area contributed by atoms with E-state index in [9.17, 15) is 0 Å². The second kappa shape index (κ2) is 6.21. The third-order valence-corrected chi connectivity index (χ3v) is 1.91. The number of allylic oxidation sites excluding steroid dienone is 2. The number of rotatable bonds is 2. The van der Waals surface area contributed by atoms with E-state index in [2.05, 4.69) is 12.2 Å². The van der Waals surface area contributed by atoms with Crippen LogP contribution >= 0.6 is 0 Å². The van der Waals surface area contributed by atoms with Crippen LogP contribution in [0.25, 0.3) is 0 Å². The van der Waals surface area contributed by atoms with Gasteiger partial charge in [0, 0.05) is 7.11 Å². The quantitative estimate of drug-likeness (QED) is 0.468. The lowest BCUT2D eigenvalue weighted by molar-refractivity contribution is 0.171. The minimum atomic E-state index is 0.426. The maximum Gasteiger partial charge on any atom is 0.104 e. The van der Waals surface area contributed by atoms with Gasteiger partial charge in [-0.25, -0.2) is 0 Å². The van der Waals surface area contributed by atoms with Gasteiger partial charge in [0.05, 0.1) is 13.2 Å². The van der Waals surface area contributed by atoms with Gasteiger partial charge >= 0.3 is 0 Å². The lowest BCUT2D eigenvalue weighted by Gasteiger charge is -1.97.